The maximum atomic E-state index is 10.7. The molecule has 0 bridgehead atoms. The number of aromatic nitrogens is 1. The van der Waals surface area contributed by atoms with Crippen LogP contribution >= 0.6 is 0 Å². The van der Waals surface area contributed by atoms with E-state index >= 15 is 0 Å². The maximum Gasteiger partial charge on any atom is 0.386 e. The molecule has 86 valence electrons. The summed E-state index contributed by atoms with van der Waals surface area (Å²) < 4.78 is 0. The number of anilines is 1. The molecule has 0 radical (unpaired) electrons. The van der Waals surface area contributed by atoms with Gasteiger partial charge in [0.15, 0.2) is 0 Å². The van der Waals surface area contributed by atoms with E-state index in [0.29, 0.717) is 12.2 Å². The molecule has 0 amide bonds. The first-order valence-corrected chi connectivity index (χ1v) is 5.14. The summed E-state index contributed by atoms with van der Waals surface area (Å²) in [5.74, 6) is -0.150. The van der Waals surface area contributed by atoms with Gasteiger partial charge in [0, 0.05) is 6.54 Å². The van der Waals surface area contributed by atoms with E-state index in [1.807, 2.05) is 30.3 Å². The normalized spacial score (nSPS) is 9.88. The van der Waals surface area contributed by atoms with Crippen molar-refractivity contribution in [2.24, 2.45) is 0 Å². The van der Waals surface area contributed by atoms with Crippen molar-refractivity contribution in [3.63, 3.8) is 0 Å². The molecule has 5 heteroatoms. The Kier molecular flexibility index (Phi) is 3.30. The molecule has 0 spiro atoms. The molecule has 2 rings (SSSR count). The molecule has 0 aliphatic carbocycles. The maximum absolute atomic E-state index is 10.7. The van der Waals surface area contributed by atoms with Crippen molar-refractivity contribution < 1.29 is 4.92 Å². The molecular weight excluding hydrogens is 218 g/mol. The van der Waals surface area contributed by atoms with Crippen molar-refractivity contribution in [1.82, 2.24) is 4.98 Å². The molecule has 0 saturated carbocycles. The standard InChI is InChI=1S/C12H11N3O2/c16-15(17)12-11(7-4-8-13-12)14-9-10-5-2-1-3-6-10/h1-8,14H,9H2. The highest BCUT2D eigenvalue weighted by Crippen LogP contribution is 2.20. The lowest BCUT2D eigenvalue weighted by Gasteiger charge is -2.06. The zero-order chi connectivity index (χ0) is 12.1. The van der Waals surface area contributed by atoms with E-state index in [2.05, 4.69) is 10.3 Å². The molecule has 0 aliphatic rings. The van der Waals surface area contributed by atoms with Gasteiger partial charge in [-0.25, -0.2) is 0 Å². The molecular formula is C12H11N3O2. The lowest BCUT2D eigenvalue weighted by molar-refractivity contribution is -0.388. The molecule has 1 heterocycles. The fourth-order valence-electron chi connectivity index (χ4n) is 1.47. The van der Waals surface area contributed by atoms with Crippen LogP contribution in [0.3, 0.4) is 0 Å². The average Bonchev–Trinajstić information content (AvgIpc) is 2.38. The van der Waals surface area contributed by atoms with Crippen LogP contribution in [0.5, 0.6) is 0 Å². The van der Waals surface area contributed by atoms with Gasteiger partial charge in [-0.1, -0.05) is 30.3 Å². The third-order valence-corrected chi connectivity index (χ3v) is 2.29. The Morgan fingerprint density at radius 3 is 2.65 bits per heavy atom. The van der Waals surface area contributed by atoms with Gasteiger partial charge in [0.05, 0.1) is 0 Å². The Balaban J connectivity index is 2.12. The Morgan fingerprint density at radius 2 is 1.94 bits per heavy atom. The van der Waals surface area contributed by atoms with Gasteiger partial charge >= 0.3 is 5.82 Å². The first-order chi connectivity index (χ1) is 8.27. The van der Waals surface area contributed by atoms with Gasteiger partial charge in [-0.05, 0) is 27.6 Å². The summed E-state index contributed by atoms with van der Waals surface area (Å²) in [5.41, 5.74) is 1.49. The van der Waals surface area contributed by atoms with Crippen LogP contribution in [0, 0.1) is 10.1 Å². The van der Waals surface area contributed by atoms with E-state index in [0.717, 1.165) is 5.56 Å². The molecule has 1 aromatic carbocycles. The second kappa shape index (κ2) is 5.07. The van der Waals surface area contributed by atoms with Gasteiger partial charge in [-0.15, -0.1) is 0 Å². The van der Waals surface area contributed by atoms with Crippen LogP contribution < -0.4 is 5.32 Å². The van der Waals surface area contributed by atoms with Gasteiger partial charge in [0.25, 0.3) is 0 Å². The number of nitrogens with zero attached hydrogens (tertiary/aromatic N) is 2. The fourth-order valence-corrected chi connectivity index (χ4v) is 1.47. The molecule has 2 aromatic rings. The number of nitrogens with one attached hydrogen (secondary N) is 1. The molecule has 0 unspecified atom stereocenters. The minimum Gasteiger partial charge on any atom is -0.374 e. The second-order valence-electron chi connectivity index (χ2n) is 3.47. The van der Waals surface area contributed by atoms with Crippen molar-refractivity contribution in [3.05, 3.63) is 64.3 Å². The van der Waals surface area contributed by atoms with Gasteiger partial charge in [0.1, 0.15) is 11.9 Å². The number of nitro groups is 1. The molecule has 5 nitrogen and oxygen atoms in total. The van der Waals surface area contributed by atoms with Crippen LogP contribution in [0.2, 0.25) is 0 Å². The van der Waals surface area contributed by atoms with Crippen LogP contribution in [0.4, 0.5) is 11.5 Å². The molecule has 1 aromatic heterocycles. The van der Waals surface area contributed by atoms with Gasteiger partial charge < -0.3 is 15.4 Å². The summed E-state index contributed by atoms with van der Waals surface area (Å²) in [4.78, 5) is 14.0. The Labute approximate surface area is 98.3 Å². The highest BCUT2D eigenvalue weighted by Gasteiger charge is 2.13. The molecule has 0 atom stereocenters. The zero-order valence-electron chi connectivity index (χ0n) is 9.04. The number of hydrogen-bond acceptors (Lipinski definition) is 4. The predicted octanol–water partition coefficient (Wildman–Crippen LogP) is 2.60. The SMILES string of the molecule is O=[N+]([O-])c1ncccc1NCc1ccccc1. The van der Waals surface area contributed by atoms with Gasteiger partial charge in [-0.3, -0.25) is 0 Å². The molecule has 0 saturated heterocycles. The Morgan fingerprint density at radius 1 is 1.18 bits per heavy atom. The van der Waals surface area contributed by atoms with Crippen LogP contribution in [-0.2, 0) is 6.54 Å². The van der Waals surface area contributed by atoms with E-state index in [9.17, 15) is 10.1 Å². The molecule has 0 aliphatic heterocycles. The summed E-state index contributed by atoms with van der Waals surface area (Å²) in [6.07, 6.45) is 1.41. The monoisotopic (exact) mass is 229 g/mol. The first-order valence-electron chi connectivity index (χ1n) is 5.14. The third kappa shape index (κ3) is 2.78. The topological polar surface area (TPSA) is 68.1 Å². The minimum absolute atomic E-state index is 0.150. The largest absolute Gasteiger partial charge is 0.386 e. The molecule has 1 N–H and O–H groups in total. The van der Waals surface area contributed by atoms with E-state index in [1.165, 1.54) is 6.20 Å². The van der Waals surface area contributed by atoms with Gasteiger partial charge in [-0.2, -0.15) is 0 Å². The van der Waals surface area contributed by atoms with E-state index in [4.69, 9.17) is 0 Å². The van der Waals surface area contributed by atoms with Gasteiger partial charge in [0.2, 0.25) is 0 Å². The predicted molar refractivity (Wildman–Crippen MR) is 64.7 cm³/mol. The average molecular weight is 229 g/mol. The summed E-state index contributed by atoms with van der Waals surface area (Å²) >= 11 is 0. The quantitative estimate of drug-likeness (QED) is 0.646. The van der Waals surface area contributed by atoms with E-state index < -0.39 is 4.92 Å². The number of benzene rings is 1. The lowest BCUT2D eigenvalue weighted by Crippen LogP contribution is -2.03. The fraction of sp³-hybridized carbons (Fsp3) is 0.0833. The van der Waals surface area contributed by atoms with Crippen molar-refractivity contribution in [1.29, 1.82) is 0 Å². The van der Waals surface area contributed by atoms with E-state index in [-0.39, 0.29) is 5.82 Å². The third-order valence-electron chi connectivity index (χ3n) is 2.29. The lowest BCUT2D eigenvalue weighted by atomic mass is 10.2. The first kappa shape index (κ1) is 11.1. The highest BCUT2D eigenvalue weighted by atomic mass is 16.6. The van der Waals surface area contributed by atoms with Crippen molar-refractivity contribution in [2.45, 2.75) is 6.54 Å². The number of pyridine rings is 1. The molecule has 0 fully saturated rings. The zero-order valence-corrected chi connectivity index (χ0v) is 9.04. The smallest absolute Gasteiger partial charge is 0.374 e. The Hall–Kier alpha value is -2.43. The summed E-state index contributed by atoms with van der Waals surface area (Å²) in [6, 6.07) is 13.0. The van der Waals surface area contributed by atoms with Crippen molar-refractivity contribution in [2.75, 3.05) is 5.32 Å². The van der Waals surface area contributed by atoms with Crippen molar-refractivity contribution >= 4 is 11.5 Å². The Bertz CT molecular complexity index is 514. The summed E-state index contributed by atoms with van der Waals surface area (Å²) in [6.45, 7) is 0.535. The minimum atomic E-state index is -0.493. The van der Waals surface area contributed by atoms with E-state index in [1.54, 1.807) is 12.1 Å². The summed E-state index contributed by atoms with van der Waals surface area (Å²) in [5, 5.41) is 13.7. The van der Waals surface area contributed by atoms with Crippen LogP contribution in [-0.4, -0.2) is 9.91 Å². The number of rotatable bonds is 4. The molecule has 17 heavy (non-hydrogen) atoms. The van der Waals surface area contributed by atoms with Crippen LogP contribution in [0.25, 0.3) is 0 Å². The second-order valence-corrected chi connectivity index (χ2v) is 3.47. The van der Waals surface area contributed by atoms with Crippen molar-refractivity contribution in [3.8, 4) is 0 Å². The highest BCUT2D eigenvalue weighted by molar-refractivity contribution is 5.56. The summed E-state index contributed by atoms with van der Waals surface area (Å²) in [7, 11) is 0. The number of hydrogen-bond donors (Lipinski definition) is 1. The van der Waals surface area contributed by atoms with Crippen LogP contribution in [0.15, 0.2) is 48.7 Å². The van der Waals surface area contributed by atoms with Crippen LogP contribution in [0.1, 0.15) is 5.56 Å².